The van der Waals surface area contributed by atoms with E-state index in [4.69, 9.17) is 11.6 Å². The van der Waals surface area contributed by atoms with E-state index in [0.29, 0.717) is 5.02 Å². The normalized spacial score (nSPS) is 14.2. The van der Waals surface area contributed by atoms with Gasteiger partial charge in [-0.3, -0.25) is 4.79 Å². The molecule has 0 saturated heterocycles. The monoisotopic (exact) mass is 412 g/mol. The topological polar surface area (TPSA) is 51.0 Å². The van der Waals surface area contributed by atoms with Gasteiger partial charge in [0.05, 0.1) is 5.25 Å². The van der Waals surface area contributed by atoms with Gasteiger partial charge in [0.15, 0.2) is 11.0 Å². The fourth-order valence-electron chi connectivity index (χ4n) is 3.47. The highest BCUT2D eigenvalue weighted by Gasteiger charge is 2.29. The molecule has 0 fully saturated rings. The summed E-state index contributed by atoms with van der Waals surface area (Å²) in [4.78, 5) is 14.9. The van der Waals surface area contributed by atoms with E-state index in [0.717, 1.165) is 41.7 Å². The molecule has 1 aromatic heterocycles. The third kappa shape index (κ3) is 3.54. The molecule has 1 atom stereocenters. The Bertz CT molecular complexity index is 1000. The molecule has 2 aromatic carbocycles. The maximum absolute atomic E-state index is 13.1. The van der Waals surface area contributed by atoms with Gasteiger partial charge < -0.3 is 9.47 Å². The zero-order valence-electron chi connectivity index (χ0n) is 15.8. The van der Waals surface area contributed by atoms with E-state index in [1.807, 2.05) is 58.9 Å². The molecule has 0 aliphatic carbocycles. The number of hydrogen-bond acceptors (Lipinski definition) is 4. The summed E-state index contributed by atoms with van der Waals surface area (Å²) in [6.45, 7) is 5.45. The second-order valence-electron chi connectivity index (χ2n) is 6.69. The maximum Gasteiger partial charge on any atom is 0.240 e. The van der Waals surface area contributed by atoms with Crippen LogP contribution in [-0.2, 0) is 17.8 Å². The largest absolute Gasteiger partial charge is 0.311 e. The minimum Gasteiger partial charge on any atom is -0.311 e. The summed E-state index contributed by atoms with van der Waals surface area (Å²) in [6.07, 6.45) is 0.908. The smallest absolute Gasteiger partial charge is 0.240 e. The summed E-state index contributed by atoms with van der Waals surface area (Å²) >= 11 is 7.45. The van der Waals surface area contributed by atoms with Crippen LogP contribution in [0.5, 0.6) is 0 Å². The van der Waals surface area contributed by atoms with Crippen molar-refractivity contribution in [2.45, 2.75) is 37.2 Å². The third-order valence-corrected chi connectivity index (χ3v) is 6.24. The van der Waals surface area contributed by atoms with Crippen LogP contribution in [0.3, 0.4) is 0 Å². The van der Waals surface area contributed by atoms with Gasteiger partial charge in [0.25, 0.3) is 0 Å². The Morgan fingerprint density at radius 3 is 2.68 bits per heavy atom. The quantitative estimate of drug-likeness (QED) is 0.570. The van der Waals surface area contributed by atoms with Gasteiger partial charge in [-0.2, -0.15) is 0 Å². The van der Waals surface area contributed by atoms with Gasteiger partial charge in [-0.15, -0.1) is 10.2 Å². The van der Waals surface area contributed by atoms with Crippen LogP contribution in [0.4, 0.5) is 5.69 Å². The fourth-order valence-corrected chi connectivity index (χ4v) is 4.57. The predicted molar refractivity (Wildman–Crippen MR) is 114 cm³/mol. The summed E-state index contributed by atoms with van der Waals surface area (Å²) in [5.74, 6) is 0.890. The van der Waals surface area contributed by atoms with Gasteiger partial charge in [0.1, 0.15) is 0 Å². The van der Waals surface area contributed by atoms with E-state index in [9.17, 15) is 4.79 Å². The number of benzene rings is 2. The summed E-state index contributed by atoms with van der Waals surface area (Å²) in [6, 6.07) is 15.7. The van der Waals surface area contributed by atoms with E-state index in [1.54, 1.807) is 0 Å². The lowest BCUT2D eigenvalue weighted by Gasteiger charge is -2.21. The molecule has 28 heavy (non-hydrogen) atoms. The van der Waals surface area contributed by atoms with Crippen molar-refractivity contribution in [2.75, 3.05) is 11.4 Å². The van der Waals surface area contributed by atoms with E-state index >= 15 is 0 Å². The highest BCUT2D eigenvalue weighted by Crippen LogP contribution is 2.32. The van der Waals surface area contributed by atoms with Crippen LogP contribution in [0.15, 0.2) is 53.7 Å². The first kappa shape index (κ1) is 19.0. The van der Waals surface area contributed by atoms with Crippen molar-refractivity contribution in [3.63, 3.8) is 0 Å². The van der Waals surface area contributed by atoms with E-state index < -0.39 is 0 Å². The molecular weight excluding hydrogens is 392 g/mol. The van der Waals surface area contributed by atoms with Gasteiger partial charge in [0.2, 0.25) is 5.91 Å². The highest BCUT2D eigenvalue weighted by molar-refractivity contribution is 8.00. The van der Waals surface area contributed by atoms with Crippen LogP contribution in [0, 0.1) is 0 Å². The molecule has 0 radical (unpaired) electrons. The van der Waals surface area contributed by atoms with Crippen molar-refractivity contribution in [2.24, 2.45) is 0 Å². The Kier molecular flexibility index (Phi) is 5.42. The van der Waals surface area contributed by atoms with E-state index in [1.165, 1.54) is 17.3 Å². The van der Waals surface area contributed by atoms with Crippen LogP contribution in [0.25, 0.3) is 11.4 Å². The Hall–Kier alpha value is -2.31. The number of hydrogen-bond donors (Lipinski definition) is 0. The number of aromatic nitrogens is 3. The summed E-state index contributed by atoms with van der Waals surface area (Å²) in [7, 11) is 0. The molecule has 1 unspecified atom stereocenters. The number of para-hydroxylation sites is 1. The molecule has 0 spiro atoms. The molecule has 1 amide bonds. The Balaban J connectivity index is 1.54. The number of anilines is 1. The molecule has 0 bridgehead atoms. The SMILES string of the molecule is CCn1c(SC(C)C(=O)N2CCc3ccccc32)nnc1-c1ccc(Cl)cc1. The van der Waals surface area contributed by atoms with Crippen molar-refractivity contribution in [3.8, 4) is 11.4 Å². The van der Waals surface area contributed by atoms with Crippen molar-refractivity contribution < 1.29 is 4.79 Å². The molecule has 3 aromatic rings. The van der Waals surface area contributed by atoms with Gasteiger partial charge in [-0.05, 0) is 56.2 Å². The second-order valence-corrected chi connectivity index (χ2v) is 8.43. The predicted octanol–water partition coefficient (Wildman–Crippen LogP) is 4.69. The van der Waals surface area contributed by atoms with Crippen LogP contribution in [0.1, 0.15) is 19.4 Å². The van der Waals surface area contributed by atoms with Crippen molar-refractivity contribution in [1.82, 2.24) is 14.8 Å². The fraction of sp³-hybridized carbons (Fsp3) is 0.286. The van der Waals surface area contributed by atoms with Gasteiger partial charge in [-0.25, -0.2) is 0 Å². The zero-order chi connectivity index (χ0) is 19.7. The molecule has 2 heterocycles. The molecule has 1 aliphatic heterocycles. The van der Waals surface area contributed by atoms with Crippen molar-refractivity contribution >= 4 is 35.0 Å². The Morgan fingerprint density at radius 2 is 1.93 bits per heavy atom. The standard InChI is InChI=1S/C21H21ClN4OS/c1-3-25-19(16-8-10-17(22)11-9-16)23-24-21(25)28-14(2)20(27)26-13-12-15-6-4-5-7-18(15)26/h4-11,14H,3,12-13H2,1-2H3. The summed E-state index contributed by atoms with van der Waals surface area (Å²) in [5.41, 5.74) is 3.21. The Labute approximate surface area is 173 Å². The summed E-state index contributed by atoms with van der Waals surface area (Å²) in [5, 5.41) is 9.89. The lowest BCUT2D eigenvalue weighted by atomic mass is 10.2. The molecule has 0 N–H and O–H groups in total. The van der Waals surface area contributed by atoms with Crippen molar-refractivity contribution in [1.29, 1.82) is 0 Å². The number of nitrogens with zero attached hydrogens (tertiary/aromatic N) is 4. The number of halogens is 1. The van der Waals surface area contributed by atoms with Gasteiger partial charge in [0, 0.05) is 29.4 Å². The average molecular weight is 413 g/mol. The van der Waals surface area contributed by atoms with E-state index in [-0.39, 0.29) is 11.2 Å². The van der Waals surface area contributed by atoms with Crippen LogP contribution >= 0.6 is 23.4 Å². The minimum absolute atomic E-state index is 0.105. The molecule has 4 rings (SSSR count). The Morgan fingerprint density at radius 1 is 1.18 bits per heavy atom. The molecule has 5 nitrogen and oxygen atoms in total. The molecular formula is C21H21ClN4OS. The average Bonchev–Trinajstić information content (AvgIpc) is 3.32. The van der Waals surface area contributed by atoms with Crippen molar-refractivity contribution in [3.05, 3.63) is 59.1 Å². The zero-order valence-corrected chi connectivity index (χ0v) is 17.4. The summed E-state index contributed by atoms with van der Waals surface area (Å²) < 4.78 is 2.04. The van der Waals surface area contributed by atoms with Crippen LogP contribution < -0.4 is 4.90 Å². The number of fused-ring (bicyclic) bond motifs is 1. The first-order valence-corrected chi connectivity index (χ1v) is 10.6. The number of carbonyl (C=O) groups is 1. The molecule has 1 aliphatic rings. The lowest BCUT2D eigenvalue weighted by Crippen LogP contribution is -2.35. The number of amides is 1. The lowest BCUT2D eigenvalue weighted by molar-refractivity contribution is -0.117. The van der Waals surface area contributed by atoms with Crippen LogP contribution in [-0.4, -0.2) is 32.5 Å². The number of carbonyl (C=O) groups excluding carboxylic acids is 1. The first-order chi connectivity index (χ1) is 13.6. The van der Waals surface area contributed by atoms with E-state index in [2.05, 4.69) is 23.2 Å². The highest BCUT2D eigenvalue weighted by atomic mass is 35.5. The first-order valence-electron chi connectivity index (χ1n) is 9.33. The number of thioether (sulfide) groups is 1. The molecule has 0 saturated carbocycles. The third-order valence-electron chi connectivity index (χ3n) is 4.92. The maximum atomic E-state index is 13.1. The van der Waals surface area contributed by atoms with Crippen LogP contribution in [0.2, 0.25) is 5.02 Å². The number of rotatable bonds is 5. The molecule has 7 heteroatoms. The second kappa shape index (κ2) is 7.97. The van der Waals surface area contributed by atoms with Gasteiger partial charge in [-0.1, -0.05) is 41.6 Å². The van der Waals surface area contributed by atoms with Gasteiger partial charge >= 0.3 is 0 Å². The molecule has 144 valence electrons. The minimum atomic E-state index is -0.251.